The normalized spacial score (nSPS) is 10.4. The Hall–Kier alpha value is -2.50. The van der Waals surface area contributed by atoms with Gasteiger partial charge >= 0.3 is 0 Å². The Kier molecular flexibility index (Phi) is 3.65. The van der Waals surface area contributed by atoms with Crippen molar-refractivity contribution in [1.29, 1.82) is 0 Å². The fourth-order valence-corrected chi connectivity index (χ4v) is 2.10. The number of carbonyl (C=O) groups is 1. The number of fused-ring (bicyclic) bond motifs is 1. The molecule has 0 aliphatic carbocycles. The summed E-state index contributed by atoms with van der Waals surface area (Å²) in [5, 5.41) is 0.706. The number of nitrogens with zero attached hydrogens (tertiary/aromatic N) is 2. The molecule has 106 valence electrons. The Labute approximate surface area is 116 Å². The van der Waals surface area contributed by atoms with Gasteiger partial charge in [-0.25, -0.2) is 0 Å². The van der Waals surface area contributed by atoms with Gasteiger partial charge in [-0.15, -0.1) is 0 Å². The molecule has 0 unspecified atom stereocenters. The molecule has 1 heterocycles. The molecule has 0 aliphatic heterocycles. The second-order valence-corrected chi connectivity index (χ2v) is 4.54. The summed E-state index contributed by atoms with van der Waals surface area (Å²) in [6.45, 7) is 0.222. The standard InChI is InChI=1S/C14H16N2O4/c1-15(2)9-5-6-10-11(7-9)16(3)14(18)13(20-8-17)12(10)19-4/h5-8H,1-4H3. The summed E-state index contributed by atoms with van der Waals surface area (Å²) in [4.78, 5) is 24.7. The van der Waals surface area contributed by atoms with Gasteiger partial charge in [-0.05, 0) is 18.2 Å². The summed E-state index contributed by atoms with van der Waals surface area (Å²) in [6.07, 6.45) is 0. The summed E-state index contributed by atoms with van der Waals surface area (Å²) in [5.41, 5.74) is 1.24. The molecule has 0 aliphatic rings. The van der Waals surface area contributed by atoms with Crippen LogP contribution in [0.25, 0.3) is 10.9 Å². The quantitative estimate of drug-likeness (QED) is 0.784. The van der Waals surface area contributed by atoms with E-state index in [1.165, 1.54) is 11.7 Å². The van der Waals surface area contributed by atoms with Gasteiger partial charge in [-0.1, -0.05) is 0 Å². The second-order valence-electron chi connectivity index (χ2n) is 4.54. The Morgan fingerprint density at radius 2 is 1.95 bits per heavy atom. The van der Waals surface area contributed by atoms with Crippen molar-refractivity contribution in [2.45, 2.75) is 0 Å². The summed E-state index contributed by atoms with van der Waals surface area (Å²) in [5.74, 6) is 0.163. The molecule has 0 saturated carbocycles. The lowest BCUT2D eigenvalue weighted by Crippen LogP contribution is -2.20. The third-order valence-corrected chi connectivity index (χ3v) is 3.18. The Morgan fingerprint density at radius 1 is 1.25 bits per heavy atom. The number of anilines is 1. The number of aromatic nitrogens is 1. The van der Waals surface area contributed by atoms with Crippen molar-refractivity contribution in [2.24, 2.45) is 7.05 Å². The maximum Gasteiger partial charge on any atom is 0.298 e. The van der Waals surface area contributed by atoms with Crippen LogP contribution < -0.4 is 19.9 Å². The molecule has 0 radical (unpaired) electrons. The number of ether oxygens (including phenoxy) is 2. The zero-order chi connectivity index (χ0) is 14.9. The number of aryl methyl sites for hydroxylation is 1. The van der Waals surface area contributed by atoms with Gasteiger partial charge < -0.3 is 18.9 Å². The fraction of sp³-hybridized carbons (Fsp3) is 0.286. The van der Waals surface area contributed by atoms with Crippen molar-refractivity contribution in [2.75, 3.05) is 26.1 Å². The van der Waals surface area contributed by atoms with Crippen LogP contribution in [0, 0.1) is 0 Å². The predicted molar refractivity (Wildman–Crippen MR) is 76.8 cm³/mol. The average Bonchev–Trinajstić information content (AvgIpc) is 2.44. The van der Waals surface area contributed by atoms with Crippen LogP contribution in [0.15, 0.2) is 23.0 Å². The molecule has 6 nitrogen and oxygen atoms in total. The zero-order valence-electron chi connectivity index (χ0n) is 11.8. The molecule has 0 N–H and O–H groups in total. The molecule has 2 rings (SSSR count). The molecule has 1 aromatic carbocycles. The van der Waals surface area contributed by atoms with Crippen LogP contribution in [0.4, 0.5) is 5.69 Å². The van der Waals surface area contributed by atoms with Crippen molar-refractivity contribution in [3.8, 4) is 11.5 Å². The maximum absolute atomic E-state index is 12.2. The SMILES string of the molecule is COc1c(OC=O)c(=O)n(C)c2cc(N(C)C)ccc12. The number of rotatable bonds is 4. The molecule has 0 amide bonds. The molecule has 0 atom stereocenters. The topological polar surface area (TPSA) is 60.8 Å². The lowest BCUT2D eigenvalue weighted by Gasteiger charge is -2.17. The minimum Gasteiger partial charge on any atom is -0.492 e. The lowest BCUT2D eigenvalue weighted by molar-refractivity contribution is -0.120. The van der Waals surface area contributed by atoms with E-state index in [1.807, 2.05) is 37.2 Å². The first-order valence-electron chi connectivity index (χ1n) is 5.99. The van der Waals surface area contributed by atoms with Crippen molar-refractivity contribution in [3.05, 3.63) is 28.6 Å². The minimum absolute atomic E-state index is 0.102. The molecular formula is C14H16N2O4. The molecule has 0 fully saturated rings. The minimum atomic E-state index is -0.419. The average molecular weight is 276 g/mol. The number of hydrogen-bond acceptors (Lipinski definition) is 5. The van der Waals surface area contributed by atoms with Crippen LogP contribution in [-0.4, -0.2) is 32.2 Å². The third kappa shape index (κ3) is 2.09. The van der Waals surface area contributed by atoms with E-state index in [1.54, 1.807) is 7.05 Å². The molecule has 2 aromatic rings. The van der Waals surface area contributed by atoms with Gasteiger partial charge in [0.25, 0.3) is 12.0 Å². The number of pyridine rings is 1. The summed E-state index contributed by atoms with van der Waals surface area (Å²) in [7, 11) is 6.90. The van der Waals surface area contributed by atoms with Crippen molar-refractivity contribution < 1.29 is 14.3 Å². The van der Waals surface area contributed by atoms with Crippen LogP contribution in [0.1, 0.15) is 0 Å². The van der Waals surface area contributed by atoms with E-state index < -0.39 is 5.56 Å². The highest BCUT2D eigenvalue weighted by molar-refractivity contribution is 5.90. The van der Waals surface area contributed by atoms with Crippen LogP contribution in [0.3, 0.4) is 0 Å². The van der Waals surface area contributed by atoms with Crippen molar-refractivity contribution >= 4 is 23.1 Å². The van der Waals surface area contributed by atoms with E-state index in [9.17, 15) is 9.59 Å². The van der Waals surface area contributed by atoms with Crippen LogP contribution in [-0.2, 0) is 11.8 Å². The van der Waals surface area contributed by atoms with Crippen molar-refractivity contribution in [1.82, 2.24) is 4.57 Å². The van der Waals surface area contributed by atoms with Gasteiger partial charge in [0.2, 0.25) is 5.75 Å². The molecule has 6 heteroatoms. The van der Waals surface area contributed by atoms with Crippen LogP contribution in [0.2, 0.25) is 0 Å². The first-order valence-corrected chi connectivity index (χ1v) is 5.99. The summed E-state index contributed by atoms with van der Waals surface area (Å²) in [6, 6.07) is 5.62. The Balaban J connectivity index is 2.88. The van der Waals surface area contributed by atoms with E-state index in [0.717, 1.165) is 5.69 Å². The zero-order valence-corrected chi connectivity index (χ0v) is 11.8. The van der Waals surface area contributed by atoms with Gasteiger partial charge in [0, 0.05) is 32.2 Å². The van der Waals surface area contributed by atoms with Gasteiger partial charge in [-0.2, -0.15) is 0 Å². The van der Waals surface area contributed by atoms with E-state index in [-0.39, 0.29) is 18.0 Å². The second kappa shape index (κ2) is 5.24. The van der Waals surface area contributed by atoms with Crippen molar-refractivity contribution in [3.63, 3.8) is 0 Å². The Morgan fingerprint density at radius 3 is 2.50 bits per heavy atom. The number of carbonyl (C=O) groups excluding carboxylic acids is 1. The molecule has 0 spiro atoms. The van der Waals surface area contributed by atoms with E-state index in [4.69, 9.17) is 9.47 Å². The van der Waals surface area contributed by atoms with Gasteiger partial charge in [0.15, 0.2) is 5.75 Å². The van der Waals surface area contributed by atoms with E-state index >= 15 is 0 Å². The monoisotopic (exact) mass is 276 g/mol. The highest BCUT2D eigenvalue weighted by atomic mass is 16.5. The number of methoxy groups -OCH3 is 1. The fourth-order valence-electron chi connectivity index (χ4n) is 2.10. The third-order valence-electron chi connectivity index (χ3n) is 3.18. The predicted octanol–water partition coefficient (Wildman–Crippen LogP) is 1.15. The Bertz CT molecular complexity index is 719. The van der Waals surface area contributed by atoms with Crippen LogP contribution in [0.5, 0.6) is 11.5 Å². The summed E-state index contributed by atoms with van der Waals surface area (Å²) < 4.78 is 11.4. The van der Waals surface area contributed by atoms with E-state index in [0.29, 0.717) is 10.9 Å². The van der Waals surface area contributed by atoms with E-state index in [2.05, 4.69) is 0 Å². The lowest BCUT2D eigenvalue weighted by atomic mass is 10.1. The van der Waals surface area contributed by atoms with Gasteiger partial charge in [0.05, 0.1) is 12.6 Å². The molecular weight excluding hydrogens is 260 g/mol. The van der Waals surface area contributed by atoms with Crippen LogP contribution >= 0.6 is 0 Å². The largest absolute Gasteiger partial charge is 0.492 e. The summed E-state index contributed by atoms with van der Waals surface area (Å²) >= 11 is 0. The highest BCUT2D eigenvalue weighted by Crippen LogP contribution is 2.33. The smallest absolute Gasteiger partial charge is 0.298 e. The maximum atomic E-state index is 12.2. The first-order chi connectivity index (χ1) is 9.51. The number of benzene rings is 1. The molecule has 0 saturated heterocycles. The molecule has 1 aromatic heterocycles. The molecule has 20 heavy (non-hydrogen) atoms. The number of hydrogen-bond donors (Lipinski definition) is 0. The first kappa shape index (κ1) is 13.9. The van der Waals surface area contributed by atoms with Gasteiger partial charge in [-0.3, -0.25) is 9.59 Å². The molecule has 0 bridgehead atoms. The van der Waals surface area contributed by atoms with Gasteiger partial charge in [0.1, 0.15) is 0 Å². The highest BCUT2D eigenvalue weighted by Gasteiger charge is 2.18.